The minimum atomic E-state index is -3.78. The number of anilines is 1. The summed E-state index contributed by atoms with van der Waals surface area (Å²) in [7, 11) is 0.265. The van der Waals surface area contributed by atoms with E-state index in [1.165, 1.54) is 5.56 Å². The van der Waals surface area contributed by atoms with Gasteiger partial charge in [0.25, 0.3) is 10.0 Å². The lowest BCUT2D eigenvalue weighted by molar-refractivity contribution is 0.402. The Bertz CT molecular complexity index is 1690. The van der Waals surface area contributed by atoms with Crippen LogP contribution < -0.4 is 4.72 Å². The molecular weight excluding hydrogens is 496 g/mol. The first-order chi connectivity index (χ1) is 18.3. The van der Waals surface area contributed by atoms with E-state index >= 15 is 0 Å². The van der Waals surface area contributed by atoms with Gasteiger partial charge in [0.2, 0.25) is 0 Å². The molecular formula is C30H28N4O3S. The Labute approximate surface area is 222 Å². The molecule has 0 saturated carbocycles. The molecule has 0 atom stereocenters. The number of nitrogens with zero attached hydrogens (tertiary/aromatic N) is 2. The van der Waals surface area contributed by atoms with Crippen molar-refractivity contribution in [3.8, 4) is 5.88 Å². The first kappa shape index (κ1) is 25.3. The van der Waals surface area contributed by atoms with Gasteiger partial charge in [0, 0.05) is 28.7 Å². The van der Waals surface area contributed by atoms with Crippen LogP contribution in [0.25, 0.3) is 10.9 Å². The van der Waals surface area contributed by atoms with Crippen LogP contribution in [-0.4, -0.2) is 43.2 Å². The number of fused-ring (bicyclic) bond motifs is 1. The van der Waals surface area contributed by atoms with Crippen LogP contribution in [0.15, 0.2) is 113 Å². The number of hydrogen-bond acceptors (Lipinski definition) is 5. The maximum absolute atomic E-state index is 12.9. The van der Waals surface area contributed by atoms with Gasteiger partial charge in [0.15, 0.2) is 5.88 Å². The van der Waals surface area contributed by atoms with E-state index in [0.717, 1.165) is 17.8 Å². The summed E-state index contributed by atoms with van der Waals surface area (Å²) in [6.45, 7) is 0.820. The van der Waals surface area contributed by atoms with Crippen molar-refractivity contribution in [2.24, 2.45) is 4.99 Å². The maximum atomic E-state index is 12.9. The molecule has 8 heteroatoms. The highest BCUT2D eigenvalue weighted by Gasteiger charge is 2.20. The number of rotatable bonds is 8. The van der Waals surface area contributed by atoms with Crippen molar-refractivity contribution in [3.63, 3.8) is 0 Å². The molecule has 0 fully saturated rings. The molecule has 1 heterocycles. The highest BCUT2D eigenvalue weighted by Crippen LogP contribution is 2.33. The van der Waals surface area contributed by atoms with Gasteiger partial charge < -0.3 is 15.0 Å². The SMILES string of the molecule is CN(C)Cc1ccc(N=C(c2ccccc2)c2c(O)[nH]c3ccc(NS(=O)(=O)c4ccccc4)cc23)cc1. The van der Waals surface area contributed by atoms with E-state index in [4.69, 9.17) is 4.99 Å². The highest BCUT2D eigenvalue weighted by molar-refractivity contribution is 7.92. The lowest BCUT2D eigenvalue weighted by Gasteiger charge is -2.11. The topological polar surface area (TPSA) is 97.8 Å². The molecule has 5 aromatic rings. The number of aromatic amines is 1. The summed E-state index contributed by atoms with van der Waals surface area (Å²) in [4.78, 5) is 10.2. The van der Waals surface area contributed by atoms with Crippen LogP contribution in [0.4, 0.5) is 11.4 Å². The summed E-state index contributed by atoms with van der Waals surface area (Å²) < 4.78 is 28.5. The number of aromatic hydroxyl groups is 1. The van der Waals surface area contributed by atoms with Crippen molar-refractivity contribution in [1.29, 1.82) is 0 Å². The summed E-state index contributed by atoms with van der Waals surface area (Å²) in [6.07, 6.45) is 0. The summed E-state index contributed by atoms with van der Waals surface area (Å²) in [5.41, 5.74) is 4.81. The molecule has 4 aromatic carbocycles. The van der Waals surface area contributed by atoms with Crippen molar-refractivity contribution in [3.05, 3.63) is 120 Å². The average molecular weight is 525 g/mol. The lowest BCUT2D eigenvalue weighted by Crippen LogP contribution is -2.12. The Hall–Kier alpha value is -4.40. The summed E-state index contributed by atoms with van der Waals surface area (Å²) in [6, 6.07) is 30.9. The van der Waals surface area contributed by atoms with Crippen molar-refractivity contribution in [2.45, 2.75) is 11.4 Å². The highest BCUT2D eigenvalue weighted by atomic mass is 32.2. The fourth-order valence-electron chi connectivity index (χ4n) is 4.33. The molecule has 0 spiro atoms. The largest absolute Gasteiger partial charge is 0.494 e. The fourth-order valence-corrected chi connectivity index (χ4v) is 5.40. The third-order valence-corrected chi connectivity index (χ3v) is 7.44. The number of benzene rings is 4. The van der Waals surface area contributed by atoms with E-state index in [9.17, 15) is 13.5 Å². The lowest BCUT2D eigenvalue weighted by atomic mass is 10.0. The molecule has 0 unspecified atom stereocenters. The van der Waals surface area contributed by atoms with Crippen LogP contribution in [0.1, 0.15) is 16.7 Å². The van der Waals surface area contributed by atoms with Gasteiger partial charge in [-0.05, 0) is 62.1 Å². The van der Waals surface area contributed by atoms with E-state index < -0.39 is 10.0 Å². The summed E-state index contributed by atoms with van der Waals surface area (Å²) in [5.74, 6) is -0.0464. The van der Waals surface area contributed by atoms with E-state index in [1.54, 1.807) is 48.5 Å². The number of H-pyrrole nitrogens is 1. The van der Waals surface area contributed by atoms with Crippen LogP contribution in [0, 0.1) is 0 Å². The molecule has 192 valence electrons. The van der Waals surface area contributed by atoms with Crippen molar-refractivity contribution < 1.29 is 13.5 Å². The van der Waals surface area contributed by atoms with E-state index in [2.05, 4.69) is 14.6 Å². The molecule has 5 rings (SSSR count). The van der Waals surface area contributed by atoms with Gasteiger partial charge in [0.1, 0.15) is 0 Å². The monoisotopic (exact) mass is 524 g/mol. The number of nitrogens with one attached hydrogen (secondary N) is 2. The minimum absolute atomic E-state index is 0.0464. The Balaban J connectivity index is 1.60. The zero-order valence-corrected chi connectivity index (χ0v) is 21.9. The van der Waals surface area contributed by atoms with Crippen molar-refractivity contribution >= 4 is 38.0 Å². The number of sulfonamides is 1. The van der Waals surface area contributed by atoms with Crippen LogP contribution in [0.2, 0.25) is 0 Å². The molecule has 1 aromatic heterocycles. The van der Waals surface area contributed by atoms with Gasteiger partial charge in [-0.25, -0.2) is 13.4 Å². The van der Waals surface area contributed by atoms with Gasteiger partial charge in [-0.2, -0.15) is 0 Å². The van der Waals surface area contributed by atoms with Crippen LogP contribution in [-0.2, 0) is 16.6 Å². The van der Waals surface area contributed by atoms with Gasteiger partial charge in [-0.3, -0.25) is 4.72 Å². The second-order valence-corrected chi connectivity index (χ2v) is 10.9. The standard InChI is InChI=1S/C30H28N4O3S/c1-34(2)20-21-13-15-23(16-14-21)31-29(22-9-5-3-6-10-22)28-26-19-24(17-18-27(26)32-30(28)35)33-38(36,37)25-11-7-4-8-12-25/h3-19,32-33,35H,20H2,1-2H3. The normalized spacial score (nSPS) is 12.2. The molecule has 0 aliphatic carbocycles. The zero-order valence-electron chi connectivity index (χ0n) is 21.1. The molecule has 0 bridgehead atoms. The quantitative estimate of drug-likeness (QED) is 0.220. The molecule has 0 radical (unpaired) electrons. The predicted molar refractivity (Wildman–Crippen MR) is 153 cm³/mol. The third kappa shape index (κ3) is 5.46. The Kier molecular flexibility index (Phi) is 7.00. The first-order valence-corrected chi connectivity index (χ1v) is 13.6. The molecule has 0 aliphatic rings. The number of aromatic nitrogens is 1. The third-order valence-electron chi connectivity index (χ3n) is 6.04. The van der Waals surface area contributed by atoms with Gasteiger partial charge in [-0.1, -0.05) is 60.7 Å². The molecule has 0 saturated heterocycles. The smallest absolute Gasteiger partial charge is 0.261 e. The summed E-state index contributed by atoms with van der Waals surface area (Å²) >= 11 is 0. The van der Waals surface area contributed by atoms with Crippen molar-refractivity contribution in [1.82, 2.24) is 9.88 Å². The van der Waals surface area contributed by atoms with Crippen LogP contribution in [0.5, 0.6) is 5.88 Å². The minimum Gasteiger partial charge on any atom is -0.494 e. The Morgan fingerprint density at radius 2 is 1.55 bits per heavy atom. The molecule has 3 N–H and O–H groups in total. The van der Waals surface area contributed by atoms with Gasteiger partial charge in [0.05, 0.1) is 21.9 Å². The Morgan fingerprint density at radius 3 is 2.21 bits per heavy atom. The van der Waals surface area contributed by atoms with E-state index in [0.29, 0.717) is 27.9 Å². The number of aliphatic imine (C=N–C) groups is 1. The molecule has 7 nitrogen and oxygen atoms in total. The van der Waals surface area contributed by atoms with E-state index in [-0.39, 0.29) is 10.8 Å². The Morgan fingerprint density at radius 1 is 0.895 bits per heavy atom. The van der Waals surface area contributed by atoms with Crippen LogP contribution >= 0.6 is 0 Å². The van der Waals surface area contributed by atoms with Crippen LogP contribution in [0.3, 0.4) is 0 Å². The van der Waals surface area contributed by atoms with Gasteiger partial charge in [-0.15, -0.1) is 0 Å². The van der Waals surface area contributed by atoms with Crippen molar-refractivity contribution in [2.75, 3.05) is 18.8 Å². The fraction of sp³-hybridized carbons (Fsp3) is 0.100. The predicted octanol–water partition coefficient (Wildman–Crippen LogP) is 5.91. The molecule has 0 aliphatic heterocycles. The first-order valence-electron chi connectivity index (χ1n) is 12.1. The average Bonchev–Trinajstić information content (AvgIpc) is 3.23. The van der Waals surface area contributed by atoms with E-state index in [1.807, 2.05) is 68.7 Å². The second kappa shape index (κ2) is 10.5. The van der Waals surface area contributed by atoms with Gasteiger partial charge >= 0.3 is 0 Å². The molecule has 38 heavy (non-hydrogen) atoms. The number of hydrogen-bond donors (Lipinski definition) is 3. The maximum Gasteiger partial charge on any atom is 0.261 e. The zero-order chi connectivity index (χ0) is 26.7. The molecule has 0 amide bonds. The second-order valence-electron chi connectivity index (χ2n) is 9.26. The summed E-state index contributed by atoms with van der Waals surface area (Å²) in [5, 5.41) is 11.6.